The first-order chi connectivity index (χ1) is 10.7. The highest BCUT2D eigenvalue weighted by molar-refractivity contribution is 5.88. The number of aliphatic hydroxyl groups is 1. The predicted octanol–water partition coefficient (Wildman–Crippen LogP) is 3.47. The van der Waals surface area contributed by atoms with E-state index in [2.05, 4.69) is 0 Å². The number of benzene rings is 1. The third-order valence-corrected chi connectivity index (χ3v) is 5.33. The molecule has 2 aliphatic rings. The molecule has 1 aliphatic carbocycles. The van der Waals surface area contributed by atoms with Crippen LogP contribution in [-0.4, -0.2) is 28.9 Å². The van der Waals surface area contributed by atoms with Gasteiger partial charge in [0.2, 0.25) is 5.72 Å². The molecule has 1 aliphatic heterocycles. The third-order valence-electron chi connectivity index (χ3n) is 5.33. The second-order valence-corrected chi connectivity index (χ2v) is 6.86. The Labute approximate surface area is 133 Å². The topological polar surface area (TPSA) is 40.5 Å². The fourth-order valence-electron chi connectivity index (χ4n) is 4.03. The van der Waals surface area contributed by atoms with Gasteiger partial charge in [0.05, 0.1) is 0 Å². The maximum atomic E-state index is 13.0. The molecule has 120 valence electrons. The van der Waals surface area contributed by atoms with Crippen LogP contribution in [0.25, 0.3) is 0 Å². The van der Waals surface area contributed by atoms with E-state index >= 15 is 0 Å². The van der Waals surface area contributed by atoms with Gasteiger partial charge in [-0.25, -0.2) is 0 Å². The Morgan fingerprint density at radius 1 is 1.05 bits per heavy atom. The van der Waals surface area contributed by atoms with Gasteiger partial charge in [-0.05, 0) is 18.8 Å². The lowest BCUT2D eigenvalue weighted by molar-refractivity contribution is -0.168. The van der Waals surface area contributed by atoms with Crippen molar-refractivity contribution in [3.8, 4) is 0 Å². The first kappa shape index (κ1) is 15.7. The smallest absolute Gasteiger partial charge is 0.205 e. The number of likely N-dealkylation sites (tertiary alicyclic amines) is 1. The minimum Gasteiger partial charge on any atom is -0.365 e. The van der Waals surface area contributed by atoms with Crippen LogP contribution in [0, 0.1) is 5.92 Å². The van der Waals surface area contributed by atoms with Gasteiger partial charge >= 0.3 is 0 Å². The molecular weight excluding hydrogens is 274 g/mol. The van der Waals surface area contributed by atoms with E-state index in [1.807, 2.05) is 35.2 Å². The molecule has 1 saturated carbocycles. The molecule has 1 aromatic carbocycles. The maximum absolute atomic E-state index is 13.0. The van der Waals surface area contributed by atoms with Crippen LogP contribution in [0.4, 0.5) is 0 Å². The molecule has 1 unspecified atom stereocenters. The lowest BCUT2D eigenvalue weighted by Crippen LogP contribution is -2.54. The number of rotatable bonds is 5. The van der Waals surface area contributed by atoms with Gasteiger partial charge < -0.3 is 5.11 Å². The Kier molecular flexibility index (Phi) is 4.94. The normalized spacial score (nSPS) is 23.3. The van der Waals surface area contributed by atoms with E-state index in [0.29, 0.717) is 12.3 Å². The number of hydrogen-bond acceptors (Lipinski definition) is 3. The highest BCUT2D eigenvalue weighted by Crippen LogP contribution is 2.35. The van der Waals surface area contributed by atoms with Crippen LogP contribution >= 0.6 is 0 Å². The van der Waals surface area contributed by atoms with Gasteiger partial charge in [-0.15, -0.1) is 0 Å². The van der Waals surface area contributed by atoms with Gasteiger partial charge in [0.15, 0.2) is 5.78 Å². The number of piperidine rings is 1. The van der Waals surface area contributed by atoms with Crippen molar-refractivity contribution in [1.82, 2.24) is 4.90 Å². The molecule has 1 saturated heterocycles. The van der Waals surface area contributed by atoms with Crippen molar-refractivity contribution in [3.05, 3.63) is 35.9 Å². The minimum atomic E-state index is -1.43. The summed E-state index contributed by atoms with van der Waals surface area (Å²) in [7, 11) is 0. The molecule has 0 aromatic heterocycles. The fourth-order valence-corrected chi connectivity index (χ4v) is 4.03. The number of Topliss-reactive ketones (excluding diaryl/α,β-unsaturated/α-hetero) is 1. The average molecular weight is 301 g/mol. The van der Waals surface area contributed by atoms with E-state index in [4.69, 9.17) is 0 Å². The highest BCUT2D eigenvalue weighted by atomic mass is 16.3. The molecule has 1 N–H and O–H groups in total. The number of ketones is 1. The lowest BCUT2D eigenvalue weighted by atomic mass is 9.88. The van der Waals surface area contributed by atoms with Crippen LogP contribution in [-0.2, 0) is 10.5 Å². The van der Waals surface area contributed by atoms with Crippen molar-refractivity contribution < 1.29 is 9.90 Å². The van der Waals surface area contributed by atoms with E-state index in [0.717, 1.165) is 44.3 Å². The summed E-state index contributed by atoms with van der Waals surface area (Å²) in [6, 6.07) is 9.53. The summed E-state index contributed by atoms with van der Waals surface area (Å²) >= 11 is 0. The van der Waals surface area contributed by atoms with Gasteiger partial charge in [0, 0.05) is 25.1 Å². The summed E-state index contributed by atoms with van der Waals surface area (Å²) in [5, 5.41) is 11.4. The molecule has 0 bridgehead atoms. The highest BCUT2D eigenvalue weighted by Gasteiger charge is 2.44. The molecule has 3 nitrogen and oxygen atoms in total. The number of hydrogen-bond donors (Lipinski definition) is 1. The number of carbonyl (C=O) groups excluding carboxylic acids is 1. The lowest BCUT2D eigenvalue weighted by Gasteiger charge is -2.41. The zero-order valence-corrected chi connectivity index (χ0v) is 13.3. The molecule has 22 heavy (non-hydrogen) atoms. The minimum absolute atomic E-state index is 0.00694. The monoisotopic (exact) mass is 301 g/mol. The Morgan fingerprint density at radius 2 is 1.68 bits per heavy atom. The summed E-state index contributed by atoms with van der Waals surface area (Å²) in [5.74, 6) is 0.458. The number of nitrogens with zero attached hydrogens (tertiary/aromatic N) is 1. The maximum Gasteiger partial charge on any atom is 0.205 e. The Morgan fingerprint density at radius 3 is 2.32 bits per heavy atom. The fraction of sp³-hybridized carbons (Fsp3) is 0.632. The quantitative estimate of drug-likeness (QED) is 0.905. The SMILES string of the molecule is O=C(CC1CCCC1)C(O)(c1ccccc1)N1CCCCC1. The van der Waals surface area contributed by atoms with Crippen LogP contribution in [0.2, 0.25) is 0 Å². The van der Waals surface area contributed by atoms with E-state index < -0.39 is 5.72 Å². The van der Waals surface area contributed by atoms with Crippen LogP contribution in [0.1, 0.15) is 56.9 Å². The summed E-state index contributed by atoms with van der Waals surface area (Å²) in [5.41, 5.74) is -0.690. The first-order valence-electron chi connectivity index (χ1n) is 8.77. The zero-order valence-electron chi connectivity index (χ0n) is 13.3. The summed E-state index contributed by atoms with van der Waals surface area (Å²) < 4.78 is 0. The Balaban J connectivity index is 1.85. The van der Waals surface area contributed by atoms with Gasteiger partial charge in [0.1, 0.15) is 0 Å². The summed E-state index contributed by atoms with van der Waals surface area (Å²) in [6.07, 6.45) is 8.56. The van der Waals surface area contributed by atoms with Crippen LogP contribution in [0.5, 0.6) is 0 Å². The van der Waals surface area contributed by atoms with E-state index in [-0.39, 0.29) is 5.78 Å². The average Bonchev–Trinajstić information content (AvgIpc) is 3.08. The second kappa shape index (κ2) is 6.93. The molecule has 2 fully saturated rings. The second-order valence-electron chi connectivity index (χ2n) is 6.86. The van der Waals surface area contributed by atoms with Crippen molar-refractivity contribution >= 4 is 5.78 Å². The van der Waals surface area contributed by atoms with Crippen molar-refractivity contribution in [3.63, 3.8) is 0 Å². The molecule has 1 aromatic rings. The molecule has 1 heterocycles. The summed E-state index contributed by atoms with van der Waals surface area (Å²) in [6.45, 7) is 1.61. The molecular formula is C19H27NO2. The Hall–Kier alpha value is -1.19. The van der Waals surface area contributed by atoms with Gasteiger partial charge in [-0.2, -0.15) is 0 Å². The zero-order chi connectivity index (χ0) is 15.4. The van der Waals surface area contributed by atoms with Crippen molar-refractivity contribution in [2.75, 3.05) is 13.1 Å². The van der Waals surface area contributed by atoms with E-state index in [1.54, 1.807) is 0 Å². The standard InChI is InChI=1S/C19H27NO2/c21-18(15-16-9-5-6-10-16)19(22,17-11-3-1-4-12-17)20-13-7-2-8-14-20/h1,3-4,11-12,16,22H,2,5-10,13-15H2. The van der Waals surface area contributed by atoms with Gasteiger partial charge in [-0.3, -0.25) is 9.69 Å². The van der Waals surface area contributed by atoms with Crippen molar-refractivity contribution in [2.24, 2.45) is 5.92 Å². The van der Waals surface area contributed by atoms with Crippen LogP contribution in [0.3, 0.4) is 0 Å². The predicted molar refractivity (Wildman–Crippen MR) is 87.3 cm³/mol. The van der Waals surface area contributed by atoms with Crippen LogP contribution < -0.4 is 0 Å². The first-order valence-corrected chi connectivity index (χ1v) is 8.77. The van der Waals surface area contributed by atoms with Gasteiger partial charge in [0.25, 0.3) is 0 Å². The molecule has 3 rings (SSSR count). The van der Waals surface area contributed by atoms with E-state index in [1.165, 1.54) is 19.3 Å². The third kappa shape index (κ3) is 3.11. The molecule has 0 radical (unpaired) electrons. The number of carbonyl (C=O) groups is 1. The molecule has 3 heteroatoms. The summed E-state index contributed by atoms with van der Waals surface area (Å²) in [4.78, 5) is 15.0. The molecule has 1 atom stereocenters. The van der Waals surface area contributed by atoms with Crippen molar-refractivity contribution in [2.45, 2.75) is 57.1 Å². The van der Waals surface area contributed by atoms with Crippen LogP contribution in [0.15, 0.2) is 30.3 Å². The Bertz CT molecular complexity index is 489. The van der Waals surface area contributed by atoms with E-state index in [9.17, 15) is 9.90 Å². The van der Waals surface area contributed by atoms with Crippen molar-refractivity contribution in [1.29, 1.82) is 0 Å². The molecule has 0 spiro atoms. The largest absolute Gasteiger partial charge is 0.365 e. The van der Waals surface area contributed by atoms with Gasteiger partial charge in [-0.1, -0.05) is 62.4 Å². The molecule has 0 amide bonds.